The predicted molar refractivity (Wildman–Crippen MR) is 95.9 cm³/mol. The molecule has 1 aliphatic heterocycles. The van der Waals surface area contributed by atoms with Crippen molar-refractivity contribution in [2.24, 2.45) is 5.92 Å². The number of likely N-dealkylation sites (N-methyl/N-ethyl adjacent to an activating group) is 1. The van der Waals surface area contributed by atoms with Crippen LogP contribution in [0.3, 0.4) is 0 Å². The van der Waals surface area contributed by atoms with Crippen molar-refractivity contribution in [3.63, 3.8) is 0 Å². The van der Waals surface area contributed by atoms with E-state index in [4.69, 9.17) is 9.84 Å². The van der Waals surface area contributed by atoms with Crippen LogP contribution < -0.4 is 4.74 Å². The molecule has 0 saturated carbocycles. The highest BCUT2D eigenvalue weighted by atomic mass is 16.5. The van der Waals surface area contributed by atoms with Gasteiger partial charge in [-0.2, -0.15) is 0 Å². The second-order valence-corrected chi connectivity index (χ2v) is 6.55. The van der Waals surface area contributed by atoms with Gasteiger partial charge in [0.1, 0.15) is 5.75 Å². The molecule has 1 unspecified atom stereocenters. The van der Waals surface area contributed by atoms with Crippen LogP contribution in [0, 0.1) is 5.92 Å². The van der Waals surface area contributed by atoms with Gasteiger partial charge in [0.2, 0.25) is 5.91 Å². The maximum atomic E-state index is 12.3. The molecule has 0 aromatic heterocycles. The van der Waals surface area contributed by atoms with Crippen molar-refractivity contribution in [3.05, 3.63) is 29.8 Å². The first-order valence-corrected chi connectivity index (χ1v) is 8.87. The number of likely N-dealkylation sites (tertiary alicyclic amines) is 1. The number of benzene rings is 1. The van der Waals surface area contributed by atoms with Gasteiger partial charge in [-0.05, 0) is 37.0 Å². The number of carboxylic acids is 1. The molecule has 0 aliphatic carbocycles. The highest BCUT2D eigenvalue weighted by molar-refractivity contribution is 5.85. The summed E-state index contributed by atoms with van der Waals surface area (Å²) in [4.78, 5) is 38.4. The Labute approximate surface area is 153 Å². The summed E-state index contributed by atoms with van der Waals surface area (Å²) in [6.45, 7) is 2.57. The zero-order valence-corrected chi connectivity index (χ0v) is 15.3. The molecule has 1 atom stereocenters. The van der Waals surface area contributed by atoms with Crippen molar-refractivity contribution in [1.29, 1.82) is 0 Å². The monoisotopic (exact) mass is 362 g/mol. The maximum absolute atomic E-state index is 12.3. The van der Waals surface area contributed by atoms with E-state index in [0.29, 0.717) is 25.1 Å². The molecule has 1 aliphatic rings. The van der Waals surface area contributed by atoms with Crippen LogP contribution in [0.2, 0.25) is 0 Å². The average Bonchev–Trinajstić information content (AvgIpc) is 2.66. The molecular formula is C19H26N2O5. The predicted octanol–water partition coefficient (Wildman–Crippen LogP) is 1.41. The fourth-order valence-corrected chi connectivity index (χ4v) is 2.87. The summed E-state index contributed by atoms with van der Waals surface area (Å²) in [5, 5.41) is 9.10. The first-order chi connectivity index (χ1) is 12.4. The standard InChI is InChI=1S/C19H26N2O5/c1-3-14-6-8-16(9-7-14)26-13-18(23)20(2)12-17(22)21-10-4-5-15(11-21)19(24)25/h6-9,15H,3-5,10-13H2,1-2H3,(H,24,25). The second kappa shape index (κ2) is 9.22. The third-order valence-electron chi connectivity index (χ3n) is 4.62. The summed E-state index contributed by atoms with van der Waals surface area (Å²) in [5.74, 6) is -1.34. The number of nitrogens with zero attached hydrogens (tertiary/aromatic N) is 2. The molecule has 7 heteroatoms. The second-order valence-electron chi connectivity index (χ2n) is 6.55. The van der Waals surface area contributed by atoms with E-state index < -0.39 is 11.9 Å². The smallest absolute Gasteiger partial charge is 0.308 e. The zero-order chi connectivity index (χ0) is 19.1. The maximum Gasteiger partial charge on any atom is 0.308 e. The number of hydrogen-bond donors (Lipinski definition) is 1. The number of rotatable bonds is 7. The van der Waals surface area contributed by atoms with E-state index in [0.717, 1.165) is 6.42 Å². The van der Waals surface area contributed by atoms with Gasteiger partial charge >= 0.3 is 5.97 Å². The minimum absolute atomic E-state index is 0.0801. The van der Waals surface area contributed by atoms with E-state index >= 15 is 0 Å². The number of carbonyl (C=O) groups excluding carboxylic acids is 2. The van der Waals surface area contributed by atoms with Crippen LogP contribution in [0.1, 0.15) is 25.3 Å². The summed E-state index contributed by atoms with van der Waals surface area (Å²) in [7, 11) is 1.54. The Morgan fingerprint density at radius 2 is 1.96 bits per heavy atom. The fourth-order valence-electron chi connectivity index (χ4n) is 2.87. The Morgan fingerprint density at radius 3 is 2.58 bits per heavy atom. The molecule has 1 heterocycles. The topological polar surface area (TPSA) is 87.2 Å². The molecule has 26 heavy (non-hydrogen) atoms. The quantitative estimate of drug-likeness (QED) is 0.792. The molecule has 0 spiro atoms. The highest BCUT2D eigenvalue weighted by Gasteiger charge is 2.28. The third-order valence-corrected chi connectivity index (χ3v) is 4.62. The number of ether oxygens (including phenoxy) is 1. The number of hydrogen-bond acceptors (Lipinski definition) is 4. The normalized spacial score (nSPS) is 16.8. The van der Waals surface area contributed by atoms with Crippen LogP contribution in [0.25, 0.3) is 0 Å². The van der Waals surface area contributed by atoms with Gasteiger partial charge in [-0.15, -0.1) is 0 Å². The Balaban J connectivity index is 1.80. The first kappa shape index (κ1) is 19.8. The lowest BCUT2D eigenvalue weighted by molar-refractivity contribution is -0.147. The highest BCUT2D eigenvalue weighted by Crippen LogP contribution is 2.17. The summed E-state index contributed by atoms with van der Waals surface area (Å²) in [6.07, 6.45) is 2.18. The Bertz CT molecular complexity index is 644. The largest absolute Gasteiger partial charge is 0.484 e. The van der Waals surface area contributed by atoms with Gasteiger partial charge in [0.25, 0.3) is 5.91 Å². The summed E-state index contributed by atoms with van der Waals surface area (Å²) < 4.78 is 5.47. The number of amides is 2. The van der Waals surface area contributed by atoms with E-state index in [-0.39, 0.29) is 31.5 Å². The molecule has 0 radical (unpaired) electrons. The number of aryl methyl sites for hydroxylation is 1. The summed E-state index contributed by atoms with van der Waals surface area (Å²) in [6, 6.07) is 7.53. The van der Waals surface area contributed by atoms with Gasteiger partial charge < -0.3 is 19.6 Å². The van der Waals surface area contributed by atoms with Crippen molar-refractivity contribution >= 4 is 17.8 Å². The van der Waals surface area contributed by atoms with Gasteiger partial charge in [0, 0.05) is 20.1 Å². The van der Waals surface area contributed by atoms with Crippen LogP contribution in [-0.2, 0) is 20.8 Å². The van der Waals surface area contributed by atoms with Gasteiger partial charge in [-0.1, -0.05) is 19.1 Å². The lowest BCUT2D eigenvalue weighted by atomic mass is 9.98. The van der Waals surface area contributed by atoms with Crippen molar-refractivity contribution < 1.29 is 24.2 Å². The Kier molecular flexibility index (Phi) is 7.00. The molecule has 2 rings (SSSR count). The average molecular weight is 362 g/mol. The lowest BCUT2D eigenvalue weighted by Crippen LogP contribution is -2.47. The Morgan fingerprint density at radius 1 is 1.27 bits per heavy atom. The van der Waals surface area contributed by atoms with Crippen LogP contribution in [0.4, 0.5) is 0 Å². The molecule has 2 amide bonds. The van der Waals surface area contributed by atoms with E-state index in [2.05, 4.69) is 6.92 Å². The number of piperidine rings is 1. The Hall–Kier alpha value is -2.57. The minimum Gasteiger partial charge on any atom is -0.484 e. The van der Waals surface area contributed by atoms with Crippen molar-refractivity contribution in [2.45, 2.75) is 26.2 Å². The van der Waals surface area contributed by atoms with Gasteiger partial charge in [-0.25, -0.2) is 0 Å². The lowest BCUT2D eigenvalue weighted by Gasteiger charge is -2.32. The zero-order valence-electron chi connectivity index (χ0n) is 15.3. The van der Waals surface area contributed by atoms with Crippen LogP contribution in [0.5, 0.6) is 5.75 Å². The number of carboxylic acid groups (broad SMARTS) is 1. The molecule has 1 aromatic carbocycles. The third kappa shape index (κ3) is 5.47. The molecule has 1 saturated heterocycles. The van der Waals surface area contributed by atoms with Crippen LogP contribution in [0.15, 0.2) is 24.3 Å². The van der Waals surface area contributed by atoms with E-state index in [9.17, 15) is 14.4 Å². The van der Waals surface area contributed by atoms with Crippen molar-refractivity contribution in [3.8, 4) is 5.75 Å². The van der Waals surface area contributed by atoms with Crippen LogP contribution in [-0.4, -0.2) is 66.0 Å². The molecule has 7 nitrogen and oxygen atoms in total. The molecule has 0 bridgehead atoms. The van der Waals surface area contributed by atoms with Gasteiger partial charge in [0.15, 0.2) is 6.61 Å². The number of aliphatic carboxylic acids is 1. The van der Waals surface area contributed by atoms with E-state index in [1.54, 1.807) is 7.05 Å². The number of carbonyl (C=O) groups is 3. The van der Waals surface area contributed by atoms with E-state index in [1.165, 1.54) is 15.4 Å². The fraction of sp³-hybridized carbons (Fsp3) is 0.526. The summed E-state index contributed by atoms with van der Waals surface area (Å²) in [5.41, 5.74) is 1.19. The summed E-state index contributed by atoms with van der Waals surface area (Å²) >= 11 is 0. The van der Waals surface area contributed by atoms with E-state index in [1.807, 2.05) is 24.3 Å². The van der Waals surface area contributed by atoms with Crippen molar-refractivity contribution in [1.82, 2.24) is 9.80 Å². The van der Waals surface area contributed by atoms with Gasteiger partial charge in [0.05, 0.1) is 12.5 Å². The molecular weight excluding hydrogens is 336 g/mol. The van der Waals surface area contributed by atoms with Gasteiger partial charge in [-0.3, -0.25) is 14.4 Å². The first-order valence-electron chi connectivity index (χ1n) is 8.87. The molecule has 142 valence electrons. The molecule has 1 aromatic rings. The van der Waals surface area contributed by atoms with Crippen LogP contribution >= 0.6 is 0 Å². The molecule has 1 N–H and O–H groups in total. The minimum atomic E-state index is -0.880. The van der Waals surface area contributed by atoms with Crippen molar-refractivity contribution in [2.75, 3.05) is 33.3 Å². The SMILES string of the molecule is CCc1ccc(OCC(=O)N(C)CC(=O)N2CCCC(C(=O)O)C2)cc1. The molecule has 1 fully saturated rings.